The molecule has 0 unspecified atom stereocenters. The number of ether oxygens (including phenoxy) is 3. The highest BCUT2D eigenvalue weighted by atomic mass is 19.4. The van der Waals surface area contributed by atoms with Crippen LogP contribution in [0.3, 0.4) is 0 Å². The van der Waals surface area contributed by atoms with Crippen LogP contribution in [0.4, 0.5) is 13.2 Å². The van der Waals surface area contributed by atoms with Gasteiger partial charge in [-0.2, -0.15) is 13.2 Å². The van der Waals surface area contributed by atoms with Crippen molar-refractivity contribution in [2.45, 2.75) is 44.9 Å². The minimum absolute atomic E-state index is 0.172. The molecule has 2 heterocycles. The van der Waals surface area contributed by atoms with Gasteiger partial charge in [0.2, 0.25) is 0 Å². The van der Waals surface area contributed by atoms with Crippen molar-refractivity contribution < 1.29 is 37.0 Å². The summed E-state index contributed by atoms with van der Waals surface area (Å²) in [5.74, 6) is -1.32. The van der Waals surface area contributed by atoms with Gasteiger partial charge in [-0.15, -0.1) is 0 Å². The van der Waals surface area contributed by atoms with Gasteiger partial charge < -0.3 is 14.2 Å². The summed E-state index contributed by atoms with van der Waals surface area (Å²) >= 11 is 0. The van der Waals surface area contributed by atoms with Crippen LogP contribution in [0.2, 0.25) is 0 Å². The van der Waals surface area contributed by atoms with Gasteiger partial charge in [0.05, 0.1) is 0 Å². The first-order chi connectivity index (χ1) is 12.0. The van der Waals surface area contributed by atoms with Crippen molar-refractivity contribution in [3.05, 3.63) is 32.6 Å². The predicted octanol–water partition coefficient (Wildman–Crippen LogP) is 0.338. The fourth-order valence-electron chi connectivity index (χ4n) is 2.46. The van der Waals surface area contributed by atoms with Crippen molar-refractivity contribution >= 4 is 11.9 Å². The molecule has 0 aromatic carbocycles. The van der Waals surface area contributed by atoms with Gasteiger partial charge in [-0.1, -0.05) is 0 Å². The maximum absolute atomic E-state index is 12.9. The number of H-pyrrole nitrogens is 1. The number of esters is 2. The molecule has 0 saturated carbocycles. The van der Waals surface area contributed by atoms with E-state index in [1.54, 1.807) is 4.98 Å². The van der Waals surface area contributed by atoms with Crippen LogP contribution in [0.25, 0.3) is 0 Å². The quantitative estimate of drug-likeness (QED) is 0.749. The van der Waals surface area contributed by atoms with Crippen molar-refractivity contribution in [2.75, 3.05) is 6.61 Å². The number of alkyl halides is 3. The fraction of sp³-hybridized carbons (Fsp3) is 0.571. The number of hydrogen-bond donors (Lipinski definition) is 1. The van der Waals surface area contributed by atoms with E-state index in [2.05, 4.69) is 0 Å². The molecule has 1 aromatic rings. The van der Waals surface area contributed by atoms with E-state index in [4.69, 9.17) is 14.2 Å². The zero-order valence-corrected chi connectivity index (χ0v) is 13.7. The summed E-state index contributed by atoms with van der Waals surface area (Å²) < 4.78 is 54.4. The summed E-state index contributed by atoms with van der Waals surface area (Å²) in [6, 6.07) is 0. The van der Waals surface area contributed by atoms with Gasteiger partial charge in [0.1, 0.15) is 30.6 Å². The molecule has 0 amide bonds. The average molecular weight is 380 g/mol. The molecule has 12 heteroatoms. The van der Waals surface area contributed by atoms with E-state index < -0.39 is 53.4 Å². The fourth-order valence-corrected chi connectivity index (χ4v) is 2.46. The van der Waals surface area contributed by atoms with E-state index in [1.165, 1.54) is 0 Å². The van der Waals surface area contributed by atoms with E-state index in [0.29, 0.717) is 10.8 Å². The summed E-state index contributed by atoms with van der Waals surface area (Å²) in [5.41, 5.74) is -4.28. The van der Waals surface area contributed by atoms with Crippen molar-refractivity contribution in [3.63, 3.8) is 0 Å². The highest BCUT2D eigenvalue weighted by molar-refractivity contribution is 5.66. The smallest absolute Gasteiger partial charge is 0.423 e. The molecule has 0 spiro atoms. The Kier molecular flexibility index (Phi) is 5.54. The minimum atomic E-state index is -4.98. The summed E-state index contributed by atoms with van der Waals surface area (Å²) in [4.78, 5) is 46.9. The molecular weight excluding hydrogens is 365 g/mol. The van der Waals surface area contributed by atoms with Gasteiger partial charge >= 0.3 is 23.8 Å². The molecular formula is C14H15F3N2O7. The summed E-state index contributed by atoms with van der Waals surface area (Å²) in [6.07, 6.45) is -8.01. The Bertz CT molecular complexity index is 814. The van der Waals surface area contributed by atoms with Crippen LogP contribution < -0.4 is 11.2 Å². The zero-order valence-electron chi connectivity index (χ0n) is 13.7. The Balaban J connectivity index is 2.33. The second kappa shape index (κ2) is 7.32. The van der Waals surface area contributed by atoms with Crippen LogP contribution in [-0.4, -0.2) is 40.3 Å². The van der Waals surface area contributed by atoms with Gasteiger partial charge in [-0.25, -0.2) is 4.79 Å². The van der Waals surface area contributed by atoms with Crippen LogP contribution in [0.1, 0.15) is 32.1 Å². The highest BCUT2D eigenvalue weighted by Crippen LogP contribution is 2.32. The Labute approximate surface area is 143 Å². The van der Waals surface area contributed by atoms with Gasteiger partial charge in [0.25, 0.3) is 5.56 Å². The van der Waals surface area contributed by atoms with Crippen molar-refractivity contribution in [2.24, 2.45) is 0 Å². The standard InChI is InChI=1S/C14H15F3N2O7/c1-6(20)24-5-10-9(25-7(2)21)3-11(26-10)19-4-8(14(15,16)17)12(22)18-13(19)23/h4,9-11H,3,5H2,1-2H3,(H,18,22,23)/t9-,10+,11+/m0/s1. The number of carbonyl (C=O) groups is 2. The van der Waals surface area contributed by atoms with Crippen LogP contribution in [0, 0.1) is 0 Å². The molecule has 1 aliphatic rings. The monoisotopic (exact) mass is 380 g/mol. The largest absolute Gasteiger partial charge is 0.463 e. The molecule has 3 atom stereocenters. The van der Waals surface area contributed by atoms with E-state index in [1.807, 2.05) is 0 Å². The first kappa shape index (κ1) is 19.7. The van der Waals surface area contributed by atoms with Crippen molar-refractivity contribution in [3.8, 4) is 0 Å². The maximum Gasteiger partial charge on any atom is 0.423 e. The van der Waals surface area contributed by atoms with Crippen LogP contribution in [-0.2, 0) is 30.0 Å². The average Bonchev–Trinajstić information content (AvgIpc) is 2.85. The second-order valence-corrected chi connectivity index (χ2v) is 5.52. The number of carbonyl (C=O) groups excluding carboxylic acids is 2. The molecule has 1 N–H and O–H groups in total. The number of aromatic nitrogens is 2. The summed E-state index contributed by atoms with van der Waals surface area (Å²) in [5, 5.41) is 0. The molecule has 144 valence electrons. The topological polar surface area (TPSA) is 117 Å². The van der Waals surface area contributed by atoms with Crippen molar-refractivity contribution in [1.82, 2.24) is 9.55 Å². The van der Waals surface area contributed by atoms with Gasteiger partial charge in [0.15, 0.2) is 0 Å². The first-order valence-corrected chi connectivity index (χ1v) is 7.37. The van der Waals surface area contributed by atoms with E-state index >= 15 is 0 Å². The second-order valence-electron chi connectivity index (χ2n) is 5.52. The number of nitrogens with zero attached hydrogens (tertiary/aromatic N) is 1. The number of rotatable bonds is 4. The van der Waals surface area contributed by atoms with Crippen LogP contribution >= 0.6 is 0 Å². The zero-order chi connectivity index (χ0) is 19.6. The number of halogens is 3. The molecule has 1 aliphatic heterocycles. The molecule has 1 saturated heterocycles. The third-order valence-corrected chi connectivity index (χ3v) is 3.53. The maximum atomic E-state index is 12.9. The van der Waals surface area contributed by atoms with E-state index in [0.717, 1.165) is 13.8 Å². The minimum Gasteiger partial charge on any atom is -0.463 e. The first-order valence-electron chi connectivity index (χ1n) is 7.37. The molecule has 0 aliphatic carbocycles. The van der Waals surface area contributed by atoms with Gasteiger partial charge in [-0.05, 0) is 0 Å². The number of aromatic amines is 1. The lowest BCUT2D eigenvalue weighted by atomic mass is 10.2. The summed E-state index contributed by atoms with van der Waals surface area (Å²) in [7, 11) is 0. The Hall–Kier alpha value is -2.63. The van der Waals surface area contributed by atoms with Gasteiger partial charge in [0, 0.05) is 26.5 Å². The van der Waals surface area contributed by atoms with Crippen LogP contribution in [0.5, 0.6) is 0 Å². The normalized spacial score (nSPS) is 22.9. The predicted molar refractivity (Wildman–Crippen MR) is 77.0 cm³/mol. The molecule has 0 radical (unpaired) electrons. The SMILES string of the molecule is CC(=O)OC[C@H]1O[C@@H](n2cc(C(F)(F)F)c(=O)[nH]c2=O)C[C@@H]1OC(C)=O. The molecule has 1 aromatic heterocycles. The number of hydrogen-bond acceptors (Lipinski definition) is 7. The summed E-state index contributed by atoms with van der Waals surface area (Å²) in [6.45, 7) is 1.92. The Morgan fingerprint density at radius 2 is 1.96 bits per heavy atom. The number of nitrogens with one attached hydrogen (secondary N) is 1. The van der Waals surface area contributed by atoms with Crippen molar-refractivity contribution in [1.29, 1.82) is 0 Å². The lowest BCUT2D eigenvalue weighted by molar-refractivity contribution is -0.155. The molecule has 1 fully saturated rings. The molecule has 0 bridgehead atoms. The van der Waals surface area contributed by atoms with Crippen LogP contribution in [0.15, 0.2) is 15.8 Å². The van der Waals surface area contributed by atoms with E-state index in [9.17, 15) is 32.3 Å². The molecule has 9 nitrogen and oxygen atoms in total. The van der Waals surface area contributed by atoms with Gasteiger partial charge in [-0.3, -0.25) is 23.9 Å². The highest BCUT2D eigenvalue weighted by Gasteiger charge is 2.41. The Morgan fingerprint density at radius 1 is 1.31 bits per heavy atom. The van der Waals surface area contributed by atoms with E-state index in [-0.39, 0.29) is 13.0 Å². The lowest BCUT2D eigenvalue weighted by Crippen LogP contribution is -2.36. The molecule has 26 heavy (non-hydrogen) atoms. The lowest BCUT2D eigenvalue weighted by Gasteiger charge is -2.18. The Morgan fingerprint density at radius 3 is 2.50 bits per heavy atom. The third kappa shape index (κ3) is 4.50. The third-order valence-electron chi connectivity index (χ3n) is 3.53. The molecule has 2 rings (SSSR count).